The van der Waals surface area contributed by atoms with Crippen LogP contribution in [-0.2, 0) is 0 Å². The molecule has 0 bridgehead atoms. The first kappa shape index (κ1) is 6.95. The van der Waals surface area contributed by atoms with Crippen LogP contribution in [0, 0.1) is 5.82 Å². The predicted molar refractivity (Wildman–Crippen MR) is 36.9 cm³/mol. The van der Waals surface area contributed by atoms with E-state index >= 15 is 0 Å². The zero-order valence-corrected chi connectivity index (χ0v) is 5.56. The third-order valence-electron chi connectivity index (χ3n) is 0.974. The van der Waals surface area contributed by atoms with Crippen LogP contribution in [0.3, 0.4) is 0 Å². The molecule has 1 rings (SSSR count). The smallest absolute Gasteiger partial charge is 0.143 e. The summed E-state index contributed by atoms with van der Waals surface area (Å²) in [5.41, 5.74) is 5.96. The first-order valence-electron chi connectivity index (χ1n) is 2.86. The molecule has 0 aromatic carbocycles. The van der Waals surface area contributed by atoms with Gasteiger partial charge in [0.2, 0.25) is 0 Å². The van der Waals surface area contributed by atoms with Gasteiger partial charge < -0.3 is 5.43 Å². The molecule has 3 nitrogen and oxygen atoms in total. The van der Waals surface area contributed by atoms with Crippen molar-refractivity contribution in [1.82, 2.24) is 10.4 Å². The maximum atomic E-state index is 12.4. The SMILES string of the molecule is CNNc1cncc(F)c1. The second-order valence-corrected chi connectivity index (χ2v) is 1.77. The van der Waals surface area contributed by atoms with E-state index in [1.165, 1.54) is 12.3 Å². The molecule has 0 unspecified atom stereocenters. The van der Waals surface area contributed by atoms with Gasteiger partial charge in [-0.25, -0.2) is 9.82 Å². The Hall–Kier alpha value is -1.16. The summed E-state index contributed by atoms with van der Waals surface area (Å²) in [5, 5.41) is 0. The molecule has 0 fully saturated rings. The largest absolute Gasteiger partial charge is 0.320 e. The maximum Gasteiger partial charge on any atom is 0.143 e. The molecule has 0 amide bonds. The molecule has 10 heavy (non-hydrogen) atoms. The van der Waals surface area contributed by atoms with E-state index < -0.39 is 0 Å². The molecule has 1 aromatic heterocycles. The van der Waals surface area contributed by atoms with Crippen molar-refractivity contribution in [3.05, 3.63) is 24.3 Å². The highest BCUT2D eigenvalue weighted by Gasteiger charge is 1.91. The number of aromatic nitrogens is 1. The highest BCUT2D eigenvalue weighted by Crippen LogP contribution is 2.03. The summed E-state index contributed by atoms with van der Waals surface area (Å²) in [6.45, 7) is 0. The van der Waals surface area contributed by atoms with Crippen molar-refractivity contribution in [3.8, 4) is 0 Å². The zero-order valence-electron chi connectivity index (χ0n) is 5.56. The summed E-state index contributed by atoms with van der Waals surface area (Å²) in [6, 6.07) is 1.35. The summed E-state index contributed by atoms with van der Waals surface area (Å²) < 4.78 is 12.4. The second kappa shape index (κ2) is 3.12. The van der Waals surface area contributed by atoms with Crippen molar-refractivity contribution in [2.24, 2.45) is 0 Å². The molecule has 0 aliphatic heterocycles. The molecule has 0 saturated heterocycles. The van der Waals surface area contributed by atoms with Gasteiger partial charge in [0, 0.05) is 13.1 Å². The Morgan fingerprint density at radius 3 is 2.90 bits per heavy atom. The minimum Gasteiger partial charge on any atom is -0.320 e. The Morgan fingerprint density at radius 1 is 1.50 bits per heavy atom. The highest BCUT2D eigenvalue weighted by molar-refractivity contribution is 5.38. The molecule has 0 atom stereocenters. The third-order valence-corrected chi connectivity index (χ3v) is 0.974. The lowest BCUT2D eigenvalue weighted by Crippen LogP contribution is -2.14. The van der Waals surface area contributed by atoms with Gasteiger partial charge in [-0.05, 0) is 0 Å². The van der Waals surface area contributed by atoms with Crippen LogP contribution in [-0.4, -0.2) is 12.0 Å². The molecule has 1 aromatic rings. The van der Waals surface area contributed by atoms with Crippen LogP contribution < -0.4 is 10.9 Å². The lowest BCUT2D eigenvalue weighted by molar-refractivity contribution is 0.621. The van der Waals surface area contributed by atoms with Gasteiger partial charge in [-0.1, -0.05) is 0 Å². The third kappa shape index (κ3) is 1.66. The van der Waals surface area contributed by atoms with Crippen LogP contribution in [0.4, 0.5) is 10.1 Å². The summed E-state index contributed by atoms with van der Waals surface area (Å²) in [4.78, 5) is 3.63. The Bertz CT molecular complexity index is 214. The summed E-state index contributed by atoms with van der Waals surface area (Å²) in [5.74, 6) is -0.347. The lowest BCUT2D eigenvalue weighted by atomic mass is 10.4. The highest BCUT2D eigenvalue weighted by atomic mass is 19.1. The number of nitrogens with one attached hydrogen (secondary N) is 2. The van der Waals surface area contributed by atoms with Gasteiger partial charge in [0.25, 0.3) is 0 Å². The standard InChI is InChI=1S/C6H8FN3/c1-8-10-6-2-5(7)3-9-4-6/h2-4,8,10H,1H3. The fourth-order valence-corrected chi connectivity index (χ4v) is 0.625. The van der Waals surface area contributed by atoms with Crippen molar-refractivity contribution < 1.29 is 4.39 Å². The number of hydrazine groups is 1. The molecular weight excluding hydrogens is 133 g/mol. The van der Waals surface area contributed by atoms with E-state index in [2.05, 4.69) is 15.8 Å². The van der Waals surface area contributed by atoms with Crippen molar-refractivity contribution in [2.75, 3.05) is 12.5 Å². The average Bonchev–Trinajstić information content (AvgIpc) is 1.88. The molecule has 4 heteroatoms. The molecule has 0 radical (unpaired) electrons. The Labute approximate surface area is 58.3 Å². The number of hydrogen-bond donors (Lipinski definition) is 2. The molecule has 54 valence electrons. The summed E-state index contributed by atoms with van der Waals surface area (Å²) in [6.07, 6.45) is 2.68. The molecule has 1 heterocycles. The van der Waals surface area contributed by atoms with Crippen molar-refractivity contribution >= 4 is 5.69 Å². The average molecular weight is 141 g/mol. The van der Waals surface area contributed by atoms with E-state index in [1.54, 1.807) is 7.05 Å². The Morgan fingerprint density at radius 2 is 2.30 bits per heavy atom. The first-order chi connectivity index (χ1) is 4.83. The minimum atomic E-state index is -0.347. The van der Waals surface area contributed by atoms with E-state index in [-0.39, 0.29) is 5.82 Å². The number of rotatable bonds is 2. The topological polar surface area (TPSA) is 37.0 Å². The van der Waals surface area contributed by atoms with Crippen LogP contribution in [0.2, 0.25) is 0 Å². The van der Waals surface area contributed by atoms with Crippen LogP contribution in [0.25, 0.3) is 0 Å². The van der Waals surface area contributed by atoms with Gasteiger partial charge in [-0.15, -0.1) is 0 Å². The molecule has 0 saturated carbocycles. The molecule has 2 N–H and O–H groups in total. The Kier molecular flexibility index (Phi) is 2.17. The normalized spacial score (nSPS) is 9.40. The van der Waals surface area contributed by atoms with Gasteiger partial charge in [0.15, 0.2) is 0 Å². The van der Waals surface area contributed by atoms with E-state index in [4.69, 9.17) is 0 Å². The maximum absolute atomic E-state index is 12.4. The van der Waals surface area contributed by atoms with E-state index in [1.807, 2.05) is 0 Å². The minimum absolute atomic E-state index is 0.347. The van der Waals surface area contributed by atoms with Crippen molar-refractivity contribution in [2.45, 2.75) is 0 Å². The Balaban J connectivity index is 2.75. The monoisotopic (exact) mass is 141 g/mol. The van der Waals surface area contributed by atoms with Gasteiger partial charge in [-0.3, -0.25) is 4.98 Å². The number of nitrogens with zero attached hydrogens (tertiary/aromatic N) is 1. The fourth-order valence-electron chi connectivity index (χ4n) is 0.625. The van der Waals surface area contributed by atoms with Crippen LogP contribution >= 0.6 is 0 Å². The molecular formula is C6H8FN3. The number of halogens is 1. The predicted octanol–water partition coefficient (Wildman–Crippen LogP) is 0.767. The van der Waals surface area contributed by atoms with Gasteiger partial charge in [-0.2, -0.15) is 0 Å². The first-order valence-corrected chi connectivity index (χ1v) is 2.86. The summed E-state index contributed by atoms with van der Waals surface area (Å²) in [7, 11) is 1.70. The summed E-state index contributed by atoms with van der Waals surface area (Å²) >= 11 is 0. The quantitative estimate of drug-likeness (QED) is 0.597. The van der Waals surface area contributed by atoms with Gasteiger partial charge in [0.05, 0.1) is 18.1 Å². The van der Waals surface area contributed by atoms with E-state index in [9.17, 15) is 4.39 Å². The fraction of sp³-hybridized carbons (Fsp3) is 0.167. The van der Waals surface area contributed by atoms with Crippen molar-refractivity contribution in [1.29, 1.82) is 0 Å². The zero-order chi connectivity index (χ0) is 7.40. The van der Waals surface area contributed by atoms with E-state index in [0.29, 0.717) is 5.69 Å². The van der Waals surface area contributed by atoms with Crippen LogP contribution in [0.1, 0.15) is 0 Å². The lowest BCUT2D eigenvalue weighted by Gasteiger charge is -2.01. The van der Waals surface area contributed by atoms with Gasteiger partial charge >= 0.3 is 0 Å². The van der Waals surface area contributed by atoms with Crippen molar-refractivity contribution in [3.63, 3.8) is 0 Å². The number of anilines is 1. The van der Waals surface area contributed by atoms with Crippen LogP contribution in [0.15, 0.2) is 18.5 Å². The van der Waals surface area contributed by atoms with Gasteiger partial charge in [0.1, 0.15) is 5.82 Å². The molecule has 0 aliphatic rings. The van der Waals surface area contributed by atoms with E-state index in [0.717, 1.165) is 6.20 Å². The molecule has 0 spiro atoms. The number of pyridine rings is 1. The van der Waals surface area contributed by atoms with Crippen LogP contribution in [0.5, 0.6) is 0 Å². The molecule has 0 aliphatic carbocycles. The second-order valence-electron chi connectivity index (χ2n) is 1.77. The number of hydrogen-bond acceptors (Lipinski definition) is 3.